The average molecular weight is 774 g/mol. The maximum Gasteiger partial charge on any atom is 0.309 e. The Balaban J connectivity index is 1.27. The van der Waals surface area contributed by atoms with Gasteiger partial charge in [0.05, 0.1) is 11.8 Å². The predicted molar refractivity (Wildman–Crippen MR) is 223 cm³/mol. The van der Waals surface area contributed by atoms with Crippen LogP contribution < -0.4 is 0 Å². The van der Waals surface area contributed by atoms with Crippen LogP contribution in [0.5, 0.6) is 0 Å². The van der Waals surface area contributed by atoms with Gasteiger partial charge in [-0.3, -0.25) is 24.3 Å². The van der Waals surface area contributed by atoms with Crippen LogP contribution in [0, 0.1) is 56.2 Å². The summed E-state index contributed by atoms with van der Waals surface area (Å²) in [7, 11) is 4.30. The minimum atomic E-state index is -1.15. The Labute approximate surface area is 339 Å². The summed E-state index contributed by atoms with van der Waals surface area (Å²) in [5.41, 5.74) is 2.86. The summed E-state index contributed by atoms with van der Waals surface area (Å²) in [6, 6.07) is 4.48. The zero-order valence-corrected chi connectivity index (χ0v) is 37.1. The second-order valence-corrected chi connectivity index (χ2v) is 21.7. The number of likely N-dealkylation sites (N-methyl/N-ethyl adjacent to an activating group) is 1. The van der Waals surface area contributed by atoms with Crippen molar-refractivity contribution >= 4 is 17.7 Å². The summed E-state index contributed by atoms with van der Waals surface area (Å²) in [6.07, 6.45) is 13.8. The van der Waals surface area contributed by atoms with Gasteiger partial charge >= 0.3 is 11.9 Å². The first-order valence-corrected chi connectivity index (χ1v) is 22.0. The molecule has 0 saturated heterocycles. The van der Waals surface area contributed by atoms with Gasteiger partial charge in [0, 0.05) is 48.8 Å². The fraction of sp³-hybridized carbons (Fsp3) is 0.792. The minimum Gasteiger partial charge on any atom is -0.481 e. The molecular formula is C48H75N3O5. The number of carbonyl (C=O) groups excluding carboxylic acids is 2. The number of carboxylic acids is 1. The fourth-order valence-corrected chi connectivity index (χ4v) is 13.9. The summed E-state index contributed by atoms with van der Waals surface area (Å²) in [5, 5.41) is 9.65. The van der Waals surface area contributed by atoms with Gasteiger partial charge in [0.15, 0.2) is 5.78 Å². The van der Waals surface area contributed by atoms with E-state index < -0.39 is 17.4 Å². The normalized spacial score (nSPS) is 35.9. The number of fused-ring (bicyclic) bond motifs is 7. The number of esters is 1. The lowest BCUT2D eigenvalue weighted by atomic mass is 9.33. The number of rotatable bonds is 13. The first-order chi connectivity index (χ1) is 26.0. The number of nitrogens with zero attached hydrogens (tertiary/aromatic N) is 3. The van der Waals surface area contributed by atoms with E-state index in [0.29, 0.717) is 30.0 Å². The topological polar surface area (TPSA) is 100 Å². The molecule has 1 aromatic heterocycles. The Kier molecular flexibility index (Phi) is 11.7. The quantitative estimate of drug-likeness (QED) is 0.198. The molecule has 0 aliphatic heterocycles. The molecule has 1 unspecified atom stereocenters. The van der Waals surface area contributed by atoms with Crippen LogP contribution in [0.1, 0.15) is 151 Å². The van der Waals surface area contributed by atoms with Crippen LogP contribution in [-0.4, -0.2) is 77.4 Å². The highest BCUT2D eigenvalue weighted by Gasteiger charge is 2.70. The number of ether oxygens (including phenoxy) is 1. The number of carboxylic acid groups (broad SMARTS) is 1. The van der Waals surface area contributed by atoms with Crippen molar-refractivity contribution in [2.75, 3.05) is 33.7 Å². The van der Waals surface area contributed by atoms with Crippen molar-refractivity contribution in [3.63, 3.8) is 0 Å². The highest BCUT2D eigenvalue weighted by molar-refractivity contribution is 6.00. The van der Waals surface area contributed by atoms with E-state index in [4.69, 9.17) is 4.74 Å². The lowest BCUT2D eigenvalue weighted by Crippen LogP contribution is -2.65. The van der Waals surface area contributed by atoms with E-state index in [1.54, 1.807) is 19.4 Å². The van der Waals surface area contributed by atoms with Crippen LogP contribution in [0.3, 0.4) is 0 Å². The van der Waals surface area contributed by atoms with Crippen molar-refractivity contribution in [2.45, 2.75) is 152 Å². The van der Waals surface area contributed by atoms with E-state index in [2.05, 4.69) is 90.3 Å². The number of allylic oxidation sites excluding steroid dienone is 2. The number of Topliss-reactive ketones (excluding diaryl/α,β-unsaturated/α-hetero) is 1. The zero-order valence-electron chi connectivity index (χ0n) is 37.1. The van der Waals surface area contributed by atoms with Gasteiger partial charge in [0.1, 0.15) is 6.10 Å². The maximum absolute atomic E-state index is 14.3. The third-order valence-corrected chi connectivity index (χ3v) is 17.4. The summed E-state index contributed by atoms with van der Waals surface area (Å²) in [6.45, 7) is 25.4. The molecule has 312 valence electrons. The number of carbonyl (C=O) groups is 3. The van der Waals surface area contributed by atoms with Gasteiger partial charge in [0.2, 0.25) is 0 Å². The Morgan fingerprint density at radius 3 is 2.27 bits per heavy atom. The van der Waals surface area contributed by atoms with E-state index in [-0.39, 0.29) is 51.6 Å². The number of aliphatic carboxylic acids is 1. The maximum atomic E-state index is 14.3. The van der Waals surface area contributed by atoms with Crippen LogP contribution >= 0.6 is 0 Å². The summed E-state index contributed by atoms with van der Waals surface area (Å²) < 4.78 is 6.21. The monoisotopic (exact) mass is 774 g/mol. The lowest BCUT2D eigenvalue weighted by molar-refractivity contribution is -0.233. The van der Waals surface area contributed by atoms with Crippen molar-refractivity contribution < 1.29 is 24.2 Å². The number of hydrogen-bond donors (Lipinski definition) is 1. The predicted octanol–water partition coefficient (Wildman–Crippen LogP) is 9.79. The SMILES string of the molecule is CC(C)C1=C2[C@H]3CCC4[C@@]5(C)CC[C@H](OC(=O)CC(C)(C)C(=O)O)C(C)(C)[C@@H]5CC[C@@]4(C)[C@]3(C)CC[C@@]2(CCN(CCN(C)C)[C@@H](C)c2cccnc2)CC1=O. The van der Waals surface area contributed by atoms with E-state index >= 15 is 0 Å². The molecule has 0 aromatic carbocycles. The second kappa shape index (κ2) is 15.2. The number of hydrogen-bond acceptors (Lipinski definition) is 7. The molecule has 4 fully saturated rings. The Hall–Kier alpha value is -2.58. The van der Waals surface area contributed by atoms with Gasteiger partial charge in [-0.15, -0.1) is 0 Å². The second-order valence-electron chi connectivity index (χ2n) is 21.7. The standard InChI is InChI=1S/C48H75N3O5/c1-31(2)40-35(52)28-48(23-25-51(27-26-50(11)12)32(3)33-14-13-24-49-30-33)22-21-46(9)34(41(40)48)15-16-37-45(8)19-18-38(56-39(53)29-43(4,5)42(54)55)44(6,7)36(45)17-20-47(37,46)10/h13-14,24,30-32,34,36-38H,15-23,25-29H2,1-12H3,(H,54,55)/t32-,34+,36-,37?,38-,45-,46+,47+,48+/m0/s1. The molecule has 6 rings (SSSR count). The van der Waals surface area contributed by atoms with Gasteiger partial charge in [0.25, 0.3) is 0 Å². The van der Waals surface area contributed by atoms with Crippen molar-refractivity contribution in [3.05, 3.63) is 41.2 Å². The van der Waals surface area contributed by atoms with Crippen LogP contribution in [0.15, 0.2) is 35.7 Å². The lowest BCUT2D eigenvalue weighted by Gasteiger charge is -2.72. The van der Waals surface area contributed by atoms with Crippen LogP contribution in [0.25, 0.3) is 0 Å². The third kappa shape index (κ3) is 7.13. The molecule has 5 aliphatic rings. The van der Waals surface area contributed by atoms with Gasteiger partial charge in [-0.25, -0.2) is 0 Å². The number of ketones is 1. The first-order valence-electron chi connectivity index (χ1n) is 22.0. The van der Waals surface area contributed by atoms with E-state index in [9.17, 15) is 19.5 Å². The Bertz CT molecular complexity index is 1680. The molecule has 8 nitrogen and oxygen atoms in total. The Morgan fingerprint density at radius 2 is 1.64 bits per heavy atom. The van der Waals surface area contributed by atoms with Gasteiger partial charge in [-0.05, 0) is 156 Å². The van der Waals surface area contributed by atoms with Crippen LogP contribution in [-0.2, 0) is 19.1 Å². The molecule has 1 N–H and O–H groups in total. The molecule has 0 radical (unpaired) electrons. The largest absolute Gasteiger partial charge is 0.481 e. The van der Waals surface area contributed by atoms with Gasteiger partial charge in [-0.2, -0.15) is 0 Å². The Morgan fingerprint density at radius 1 is 0.929 bits per heavy atom. The fourth-order valence-electron chi connectivity index (χ4n) is 13.9. The molecule has 0 amide bonds. The molecule has 9 atom stereocenters. The van der Waals surface area contributed by atoms with Crippen molar-refractivity contribution in [3.8, 4) is 0 Å². The highest BCUT2D eigenvalue weighted by Crippen LogP contribution is 2.77. The molecule has 5 aliphatic carbocycles. The smallest absolute Gasteiger partial charge is 0.309 e. The van der Waals surface area contributed by atoms with E-state index in [1.165, 1.54) is 12.0 Å². The highest BCUT2D eigenvalue weighted by atomic mass is 16.5. The van der Waals surface area contributed by atoms with E-state index in [0.717, 1.165) is 76.6 Å². The molecule has 56 heavy (non-hydrogen) atoms. The molecule has 1 heterocycles. The van der Waals surface area contributed by atoms with Gasteiger partial charge < -0.3 is 14.7 Å². The van der Waals surface area contributed by atoms with Crippen LogP contribution in [0.2, 0.25) is 0 Å². The number of pyridine rings is 1. The first kappa shape index (κ1) is 43.0. The molecule has 8 heteroatoms. The number of aromatic nitrogens is 1. The van der Waals surface area contributed by atoms with Crippen molar-refractivity contribution in [1.82, 2.24) is 14.8 Å². The van der Waals surface area contributed by atoms with Crippen molar-refractivity contribution in [1.29, 1.82) is 0 Å². The zero-order chi connectivity index (χ0) is 41.2. The molecule has 0 spiro atoms. The molecule has 0 bridgehead atoms. The third-order valence-electron chi connectivity index (χ3n) is 17.4. The van der Waals surface area contributed by atoms with E-state index in [1.807, 2.05) is 18.5 Å². The van der Waals surface area contributed by atoms with Crippen LogP contribution in [0.4, 0.5) is 0 Å². The molecular weight excluding hydrogens is 699 g/mol. The van der Waals surface area contributed by atoms with Gasteiger partial charge in [-0.1, -0.05) is 60.1 Å². The molecule has 1 aromatic rings. The summed E-state index contributed by atoms with van der Waals surface area (Å²) in [5.74, 6) is 0.621. The minimum absolute atomic E-state index is 0.0741. The molecule has 4 saturated carbocycles. The average Bonchev–Trinajstić information content (AvgIpc) is 3.41. The summed E-state index contributed by atoms with van der Waals surface area (Å²) in [4.78, 5) is 48.6. The summed E-state index contributed by atoms with van der Waals surface area (Å²) >= 11 is 0. The van der Waals surface area contributed by atoms with Crippen molar-refractivity contribution in [2.24, 2.45) is 56.2 Å².